The highest BCUT2D eigenvalue weighted by Gasteiger charge is 2.32. The molecule has 0 fully saturated rings. The first-order valence-corrected chi connectivity index (χ1v) is 9.45. The molecule has 2 heterocycles. The van der Waals surface area contributed by atoms with Crippen molar-refractivity contribution >= 4 is 28.3 Å². The number of benzene rings is 2. The summed E-state index contributed by atoms with van der Waals surface area (Å²) in [5.41, 5.74) is 2.74. The van der Waals surface area contributed by atoms with Crippen LogP contribution in [0.3, 0.4) is 0 Å². The first kappa shape index (κ1) is 19.0. The largest absolute Gasteiger partial charge is 0.394 e. The second kappa shape index (κ2) is 8.38. The molecule has 1 aromatic heterocycles. The Morgan fingerprint density at radius 1 is 0.966 bits per heavy atom. The monoisotopic (exact) mass is 391 g/mol. The molecule has 7 nitrogen and oxygen atoms in total. The van der Waals surface area contributed by atoms with Crippen LogP contribution in [0.1, 0.15) is 26.4 Å². The van der Waals surface area contributed by atoms with Crippen LogP contribution in [-0.2, 0) is 11.3 Å². The molecule has 3 aromatic rings. The predicted octanol–water partition coefficient (Wildman–Crippen LogP) is 2.45. The van der Waals surface area contributed by atoms with Crippen LogP contribution >= 0.6 is 0 Å². The molecule has 0 saturated carbocycles. The average Bonchev–Trinajstić information content (AvgIpc) is 2.76. The number of rotatable bonds is 8. The number of amides is 2. The Morgan fingerprint density at radius 3 is 2.55 bits per heavy atom. The lowest BCUT2D eigenvalue weighted by Gasteiger charge is -2.27. The molecule has 7 heteroatoms. The van der Waals surface area contributed by atoms with Crippen molar-refractivity contribution in [2.24, 2.45) is 0 Å². The molecule has 1 aliphatic rings. The minimum absolute atomic E-state index is 0.0989. The highest BCUT2D eigenvalue weighted by Crippen LogP contribution is 2.34. The van der Waals surface area contributed by atoms with Gasteiger partial charge in [0.05, 0.1) is 38.6 Å². The number of aliphatic hydroxyl groups excluding tert-OH is 1. The van der Waals surface area contributed by atoms with E-state index in [0.717, 1.165) is 16.8 Å². The topological polar surface area (TPSA) is 91.8 Å². The van der Waals surface area contributed by atoms with E-state index in [1.807, 2.05) is 36.4 Å². The Balaban J connectivity index is 1.64. The average molecular weight is 391 g/mol. The van der Waals surface area contributed by atoms with E-state index in [-0.39, 0.29) is 38.2 Å². The summed E-state index contributed by atoms with van der Waals surface area (Å²) in [4.78, 5) is 31.4. The van der Waals surface area contributed by atoms with Crippen molar-refractivity contribution in [1.82, 2.24) is 9.88 Å². The molecule has 0 radical (unpaired) electrons. The number of hydrogen-bond donors (Lipinski definition) is 2. The summed E-state index contributed by atoms with van der Waals surface area (Å²) in [5.74, 6) is -0.662. The zero-order chi connectivity index (χ0) is 20.2. The standard InChI is InChI=1S/C22H21N3O4/c26-11-13-29-12-10-25-21(27)17-6-3-5-16-19(8-7-18(20(16)17)22(25)28)24-14-15-4-1-2-9-23-15/h1-9,24,26H,10-14H2. The minimum Gasteiger partial charge on any atom is -0.394 e. The van der Waals surface area contributed by atoms with Gasteiger partial charge in [0.25, 0.3) is 11.8 Å². The molecule has 2 amide bonds. The molecule has 0 spiro atoms. The number of aliphatic hydroxyl groups is 1. The highest BCUT2D eigenvalue weighted by atomic mass is 16.5. The van der Waals surface area contributed by atoms with Gasteiger partial charge < -0.3 is 15.2 Å². The molecule has 2 aromatic carbocycles. The molecule has 148 valence electrons. The molecule has 0 saturated heterocycles. The van der Waals surface area contributed by atoms with Crippen LogP contribution in [0.25, 0.3) is 10.8 Å². The van der Waals surface area contributed by atoms with Crippen molar-refractivity contribution in [3.8, 4) is 0 Å². The summed E-state index contributed by atoms with van der Waals surface area (Å²) in [7, 11) is 0. The fourth-order valence-electron chi connectivity index (χ4n) is 3.51. The SMILES string of the molecule is O=C1c2cccc3c(NCc4ccccn4)ccc(c23)C(=O)N1CCOCCO. The fourth-order valence-corrected chi connectivity index (χ4v) is 3.51. The zero-order valence-electron chi connectivity index (χ0n) is 15.8. The maximum Gasteiger partial charge on any atom is 0.261 e. The molecular weight excluding hydrogens is 370 g/mol. The third-order valence-corrected chi connectivity index (χ3v) is 4.87. The van der Waals surface area contributed by atoms with Gasteiger partial charge in [0.2, 0.25) is 0 Å². The van der Waals surface area contributed by atoms with Gasteiger partial charge in [-0.1, -0.05) is 18.2 Å². The number of aromatic nitrogens is 1. The lowest BCUT2D eigenvalue weighted by molar-refractivity contribution is 0.0478. The summed E-state index contributed by atoms with van der Waals surface area (Å²) in [6, 6.07) is 14.8. The van der Waals surface area contributed by atoms with Crippen LogP contribution in [0, 0.1) is 0 Å². The summed E-state index contributed by atoms with van der Waals surface area (Å²) in [6.07, 6.45) is 1.74. The van der Waals surface area contributed by atoms with Gasteiger partial charge in [-0.15, -0.1) is 0 Å². The van der Waals surface area contributed by atoms with Crippen molar-refractivity contribution in [2.45, 2.75) is 6.54 Å². The number of pyridine rings is 1. The summed E-state index contributed by atoms with van der Waals surface area (Å²) in [5, 5.41) is 13.6. The van der Waals surface area contributed by atoms with Crippen molar-refractivity contribution in [2.75, 3.05) is 31.7 Å². The molecule has 1 aliphatic heterocycles. The van der Waals surface area contributed by atoms with E-state index in [2.05, 4.69) is 10.3 Å². The van der Waals surface area contributed by atoms with Crippen molar-refractivity contribution in [3.05, 3.63) is 71.5 Å². The van der Waals surface area contributed by atoms with Gasteiger partial charge in [-0.25, -0.2) is 0 Å². The van der Waals surface area contributed by atoms with E-state index in [4.69, 9.17) is 9.84 Å². The van der Waals surface area contributed by atoms with E-state index in [0.29, 0.717) is 23.1 Å². The van der Waals surface area contributed by atoms with Crippen LogP contribution < -0.4 is 5.32 Å². The third kappa shape index (κ3) is 3.70. The zero-order valence-corrected chi connectivity index (χ0v) is 15.8. The van der Waals surface area contributed by atoms with E-state index >= 15 is 0 Å². The van der Waals surface area contributed by atoms with Crippen molar-refractivity contribution in [3.63, 3.8) is 0 Å². The minimum atomic E-state index is -0.331. The number of hydrogen-bond acceptors (Lipinski definition) is 6. The van der Waals surface area contributed by atoms with Gasteiger partial charge in [-0.05, 0) is 30.3 Å². The number of anilines is 1. The maximum atomic E-state index is 12.9. The lowest BCUT2D eigenvalue weighted by Crippen LogP contribution is -2.42. The van der Waals surface area contributed by atoms with Gasteiger partial charge in [0.1, 0.15) is 0 Å². The molecule has 2 N–H and O–H groups in total. The highest BCUT2D eigenvalue weighted by molar-refractivity contribution is 6.26. The Kier molecular flexibility index (Phi) is 5.50. The molecule has 0 atom stereocenters. The normalized spacial score (nSPS) is 13.2. The molecule has 0 bridgehead atoms. The quantitative estimate of drug-likeness (QED) is 0.453. The molecule has 0 unspecified atom stereocenters. The second-order valence-corrected chi connectivity index (χ2v) is 6.66. The van der Waals surface area contributed by atoms with E-state index in [1.165, 1.54) is 4.90 Å². The van der Waals surface area contributed by atoms with Gasteiger partial charge in [0.15, 0.2) is 0 Å². The third-order valence-electron chi connectivity index (χ3n) is 4.87. The first-order valence-electron chi connectivity index (χ1n) is 9.45. The first-order chi connectivity index (χ1) is 14.2. The Morgan fingerprint density at radius 2 is 1.79 bits per heavy atom. The number of carbonyl (C=O) groups is 2. The van der Waals surface area contributed by atoms with Gasteiger partial charge in [-0.3, -0.25) is 19.5 Å². The number of nitrogens with zero attached hydrogens (tertiary/aromatic N) is 2. The van der Waals surface area contributed by atoms with Crippen LogP contribution in [0.15, 0.2) is 54.7 Å². The van der Waals surface area contributed by atoms with E-state index < -0.39 is 0 Å². The number of ether oxygens (including phenoxy) is 1. The Bertz CT molecular complexity index is 1030. The van der Waals surface area contributed by atoms with Gasteiger partial charge in [0, 0.05) is 33.8 Å². The molecule has 4 rings (SSSR count). The second-order valence-electron chi connectivity index (χ2n) is 6.66. The van der Waals surface area contributed by atoms with Crippen LogP contribution in [-0.4, -0.2) is 53.2 Å². The van der Waals surface area contributed by atoms with Gasteiger partial charge >= 0.3 is 0 Å². The van der Waals surface area contributed by atoms with Gasteiger partial charge in [-0.2, -0.15) is 0 Å². The summed E-state index contributed by atoms with van der Waals surface area (Å²) < 4.78 is 5.22. The number of nitrogens with one attached hydrogen (secondary N) is 1. The molecule has 29 heavy (non-hydrogen) atoms. The Labute approximate surface area is 167 Å². The van der Waals surface area contributed by atoms with Crippen molar-refractivity contribution in [1.29, 1.82) is 0 Å². The maximum absolute atomic E-state index is 12.9. The van der Waals surface area contributed by atoms with E-state index in [1.54, 1.807) is 18.3 Å². The lowest BCUT2D eigenvalue weighted by atomic mass is 9.93. The van der Waals surface area contributed by atoms with E-state index in [9.17, 15) is 9.59 Å². The van der Waals surface area contributed by atoms with Crippen molar-refractivity contribution < 1.29 is 19.4 Å². The summed E-state index contributed by atoms with van der Waals surface area (Å²) >= 11 is 0. The smallest absolute Gasteiger partial charge is 0.261 e. The number of imide groups is 1. The summed E-state index contributed by atoms with van der Waals surface area (Å²) in [6.45, 7) is 0.946. The fraction of sp³-hybridized carbons (Fsp3) is 0.227. The van der Waals surface area contributed by atoms with Crippen LogP contribution in [0.5, 0.6) is 0 Å². The predicted molar refractivity (Wildman–Crippen MR) is 109 cm³/mol. The Hall–Kier alpha value is -3.29. The molecule has 0 aliphatic carbocycles. The van der Waals surface area contributed by atoms with Crippen LogP contribution in [0.4, 0.5) is 5.69 Å². The number of carbonyl (C=O) groups excluding carboxylic acids is 2. The van der Waals surface area contributed by atoms with Crippen LogP contribution in [0.2, 0.25) is 0 Å². The molecular formula is C22H21N3O4.